The van der Waals surface area contributed by atoms with Gasteiger partial charge in [0.25, 0.3) is 0 Å². The van der Waals surface area contributed by atoms with Gasteiger partial charge >= 0.3 is 0 Å². The second-order valence-electron chi connectivity index (χ2n) is 3.05. The standard InChI is InChI=1S/C7H10N6O2S/c8-7-6(4-10-13-7)16(14,15)11-3-5-1-2-9-12-5/h1-2,4,11H,3H2,(H,9,12)(H3,8,10,13). The van der Waals surface area contributed by atoms with Gasteiger partial charge in [0, 0.05) is 6.20 Å². The van der Waals surface area contributed by atoms with Crippen LogP contribution < -0.4 is 10.5 Å². The highest BCUT2D eigenvalue weighted by molar-refractivity contribution is 7.89. The summed E-state index contributed by atoms with van der Waals surface area (Å²) >= 11 is 0. The van der Waals surface area contributed by atoms with Crippen molar-refractivity contribution in [2.24, 2.45) is 0 Å². The molecular weight excluding hydrogens is 232 g/mol. The number of anilines is 1. The lowest BCUT2D eigenvalue weighted by Crippen LogP contribution is -2.23. The zero-order chi connectivity index (χ0) is 11.6. The third-order valence-electron chi connectivity index (χ3n) is 1.93. The lowest BCUT2D eigenvalue weighted by Gasteiger charge is -2.03. The summed E-state index contributed by atoms with van der Waals surface area (Å²) in [6.45, 7) is 0.118. The van der Waals surface area contributed by atoms with E-state index in [2.05, 4.69) is 25.1 Å². The molecule has 0 saturated carbocycles. The number of sulfonamides is 1. The minimum absolute atomic E-state index is 0.0112. The zero-order valence-electron chi connectivity index (χ0n) is 8.14. The van der Waals surface area contributed by atoms with Gasteiger partial charge in [-0.2, -0.15) is 10.2 Å². The molecule has 0 unspecified atom stereocenters. The Morgan fingerprint density at radius 3 is 2.75 bits per heavy atom. The zero-order valence-corrected chi connectivity index (χ0v) is 8.95. The van der Waals surface area contributed by atoms with Gasteiger partial charge in [-0.1, -0.05) is 0 Å². The number of nitrogen functional groups attached to an aromatic ring is 1. The summed E-state index contributed by atoms with van der Waals surface area (Å²) in [6, 6.07) is 1.67. The van der Waals surface area contributed by atoms with Crippen LogP contribution in [0, 0.1) is 0 Å². The molecule has 0 fully saturated rings. The van der Waals surface area contributed by atoms with E-state index in [1.807, 2.05) is 0 Å². The summed E-state index contributed by atoms with van der Waals surface area (Å²) in [5.74, 6) is 0.0112. The molecule has 2 aromatic heterocycles. The monoisotopic (exact) mass is 242 g/mol. The number of hydrogen-bond acceptors (Lipinski definition) is 5. The van der Waals surface area contributed by atoms with E-state index in [9.17, 15) is 8.42 Å². The minimum Gasteiger partial charge on any atom is -0.383 e. The Morgan fingerprint density at radius 1 is 1.38 bits per heavy atom. The molecule has 9 heteroatoms. The molecule has 0 saturated heterocycles. The van der Waals surface area contributed by atoms with Crippen LogP contribution in [0.3, 0.4) is 0 Å². The number of nitrogens with two attached hydrogens (primary N) is 1. The van der Waals surface area contributed by atoms with E-state index in [4.69, 9.17) is 5.73 Å². The molecule has 16 heavy (non-hydrogen) atoms. The van der Waals surface area contributed by atoms with E-state index < -0.39 is 10.0 Å². The largest absolute Gasteiger partial charge is 0.383 e. The molecule has 86 valence electrons. The van der Waals surface area contributed by atoms with Crippen molar-refractivity contribution in [1.82, 2.24) is 25.1 Å². The second-order valence-corrected chi connectivity index (χ2v) is 4.79. The number of aromatic amines is 2. The van der Waals surface area contributed by atoms with Crippen LogP contribution in [0.2, 0.25) is 0 Å². The van der Waals surface area contributed by atoms with Crippen LogP contribution in [0.4, 0.5) is 5.82 Å². The van der Waals surface area contributed by atoms with Crippen molar-refractivity contribution in [1.29, 1.82) is 0 Å². The Kier molecular flexibility index (Phi) is 2.62. The molecule has 2 rings (SSSR count). The summed E-state index contributed by atoms with van der Waals surface area (Å²) in [6.07, 6.45) is 2.69. The van der Waals surface area contributed by atoms with E-state index in [-0.39, 0.29) is 17.3 Å². The predicted octanol–water partition coefficient (Wildman–Crippen LogP) is -0.806. The first kappa shape index (κ1) is 10.6. The summed E-state index contributed by atoms with van der Waals surface area (Å²) in [5, 5.41) is 12.2. The first-order valence-corrected chi connectivity index (χ1v) is 5.84. The van der Waals surface area contributed by atoms with E-state index in [1.54, 1.807) is 6.07 Å². The van der Waals surface area contributed by atoms with Crippen molar-refractivity contribution in [3.8, 4) is 0 Å². The lowest BCUT2D eigenvalue weighted by molar-refractivity contribution is 0.581. The molecule has 0 bridgehead atoms. The SMILES string of the molecule is Nc1[nH]ncc1S(=O)(=O)NCc1ccn[nH]1. The first-order chi connectivity index (χ1) is 7.59. The summed E-state index contributed by atoms with van der Waals surface area (Å²) in [5.41, 5.74) is 6.08. The van der Waals surface area contributed by atoms with Gasteiger partial charge in [-0.3, -0.25) is 10.2 Å². The molecule has 0 aliphatic heterocycles. The van der Waals surface area contributed by atoms with Crippen molar-refractivity contribution < 1.29 is 8.42 Å². The highest BCUT2D eigenvalue weighted by Crippen LogP contribution is 2.13. The van der Waals surface area contributed by atoms with Crippen LogP contribution in [0.1, 0.15) is 5.69 Å². The van der Waals surface area contributed by atoms with Gasteiger partial charge in [0.15, 0.2) is 0 Å². The molecule has 8 nitrogen and oxygen atoms in total. The average molecular weight is 242 g/mol. The van der Waals surface area contributed by atoms with Gasteiger partial charge in [-0.25, -0.2) is 13.1 Å². The Hall–Kier alpha value is -1.87. The Balaban J connectivity index is 2.13. The van der Waals surface area contributed by atoms with Crippen LogP contribution in [-0.2, 0) is 16.6 Å². The van der Waals surface area contributed by atoms with E-state index in [0.717, 1.165) is 6.20 Å². The molecule has 5 N–H and O–H groups in total. The van der Waals surface area contributed by atoms with Gasteiger partial charge in [0.05, 0.1) is 18.4 Å². The molecule has 2 heterocycles. The van der Waals surface area contributed by atoms with Gasteiger partial charge in [0.2, 0.25) is 10.0 Å². The number of H-pyrrole nitrogens is 2. The molecule has 2 aromatic rings. The van der Waals surface area contributed by atoms with Crippen molar-refractivity contribution >= 4 is 15.8 Å². The van der Waals surface area contributed by atoms with Crippen LogP contribution in [0.25, 0.3) is 0 Å². The molecular formula is C7H10N6O2S. The number of hydrogen-bond donors (Lipinski definition) is 4. The molecule has 0 aromatic carbocycles. The third-order valence-corrected chi connectivity index (χ3v) is 3.36. The maximum atomic E-state index is 11.7. The third kappa shape index (κ3) is 2.04. The fourth-order valence-electron chi connectivity index (χ4n) is 1.13. The van der Waals surface area contributed by atoms with Crippen molar-refractivity contribution in [3.05, 3.63) is 24.2 Å². The topological polar surface area (TPSA) is 130 Å². The highest BCUT2D eigenvalue weighted by Gasteiger charge is 2.18. The van der Waals surface area contributed by atoms with Crippen LogP contribution in [0.15, 0.2) is 23.4 Å². The molecule has 0 radical (unpaired) electrons. The number of nitrogens with zero attached hydrogens (tertiary/aromatic N) is 2. The van der Waals surface area contributed by atoms with E-state index in [0.29, 0.717) is 5.69 Å². The average Bonchev–Trinajstić information content (AvgIpc) is 2.85. The highest BCUT2D eigenvalue weighted by atomic mass is 32.2. The van der Waals surface area contributed by atoms with Gasteiger partial charge < -0.3 is 5.73 Å². The van der Waals surface area contributed by atoms with Gasteiger partial charge in [-0.05, 0) is 6.07 Å². The fourth-order valence-corrected chi connectivity index (χ4v) is 2.16. The molecule has 0 aliphatic carbocycles. The van der Waals surface area contributed by atoms with Crippen LogP contribution >= 0.6 is 0 Å². The fraction of sp³-hybridized carbons (Fsp3) is 0.143. The Labute approximate surface area is 91.3 Å². The molecule has 0 aliphatic rings. The maximum Gasteiger partial charge on any atom is 0.246 e. The molecule has 0 amide bonds. The number of nitrogens with one attached hydrogen (secondary N) is 3. The maximum absolute atomic E-state index is 11.7. The lowest BCUT2D eigenvalue weighted by atomic mass is 10.4. The Bertz CT molecular complexity index is 557. The quantitative estimate of drug-likeness (QED) is 0.557. The minimum atomic E-state index is -3.64. The number of rotatable bonds is 4. The summed E-state index contributed by atoms with van der Waals surface area (Å²) < 4.78 is 25.8. The predicted molar refractivity (Wildman–Crippen MR) is 55.6 cm³/mol. The Morgan fingerprint density at radius 2 is 2.19 bits per heavy atom. The van der Waals surface area contributed by atoms with Crippen LogP contribution in [-0.4, -0.2) is 28.8 Å². The van der Waals surface area contributed by atoms with Crippen molar-refractivity contribution in [3.63, 3.8) is 0 Å². The molecule has 0 spiro atoms. The number of aromatic nitrogens is 4. The summed E-state index contributed by atoms with van der Waals surface area (Å²) in [7, 11) is -3.64. The van der Waals surface area contributed by atoms with E-state index >= 15 is 0 Å². The normalized spacial score (nSPS) is 11.8. The van der Waals surface area contributed by atoms with Gasteiger partial charge in [0.1, 0.15) is 10.7 Å². The van der Waals surface area contributed by atoms with Gasteiger partial charge in [-0.15, -0.1) is 0 Å². The van der Waals surface area contributed by atoms with Crippen molar-refractivity contribution in [2.75, 3.05) is 5.73 Å². The first-order valence-electron chi connectivity index (χ1n) is 4.36. The van der Waals surface area contributed by atoms with E-state index in [1.165, 1.54) is 6.20 Å². The van der Waals surface area contributed by atoms with Crippen molar-refractivity contribution in [2.45, 2.75) is 11.4 Å². The summed E-state index contributed by atoms with van der Waals surface area (Å²) in [4.78, 5) is -0.0629. The van der Waals surface area contributed by atoms with Crippen LogP contribution in [0.5, 0.6) is 0 Å². The second kappa shape index (κ2) is 3.94. The molecule has 0 atom stereocenters. The smallest absolute Gasteiger partial charge is 0.246 e.